The van der Waals surface area contributed by atoms with Gasteiger partial charge in [-0.1, -0.05) is 23.7 Å². The Morgan fingerprint density at radius 1 is 1.12 bits per heavy atom. The summed E-state index contributed by atoms with van der Waals surface area (Å²) in [4.78, 5) is 25.6. The molecule has 0 spiro atoms. The lowest BCUT2D eigenvalue weighted by molar-refractivity contribution is 0.290. The van der Waals surface area contributed by atoms with E-state index in [-0.39, 0.29) is 12.2 Å². The van der Waals surface area contributed by atoms with E-state index in [1.54, 1.807) is 10.9 Å². The Kier molecular flexibility index (Phi) is 5.65. The summed E-state index contributed by atoms with van der Waals surface area (Å²) in [6.07, 6.45) is 2.24. The van der Waals surface area contributed by atoms with Crippen LogP contribution in [0, 0.1) is 0 Å². The molecule has 33 heavy (non-hydrogen) atoms. The van der Waals surface area contributed by atoms with E-state index in [0.717, 1.165) is 27.4 Å². The summed E-state index contributed by atoms with van der Waals surface area (Å²) >= 11 is 7.43. The SMILES string of the molecule is CN(CCCO)c1nc2cc(-n3cnc4cc(-c5ccc(Cl)cc5)sc4c3=O)ccc2n1C. The van der Waals surface area contributed by atoms with Gasteiger partial charge in [-0.05, 0) is 48.4 Å². The van der Waals surface area contributed by atoms with Crippen LogP contribution in [0.15, 0.2) is 59.7 Å². The first-order valence-corrected chi connectivity index (χ1v) is 11.7. The second kappa shape index (κ2) is 8.62. The number of hydrogen-bond donors (Lipinski definition) is 1. The minimum atomic E-state index is -0.110. The first-order chi connectivity index (χ1) is 16.0. The summed E-state index contributed by atoms with van der Waals surface area (Å²) < 4.78 is 4.18. The number of aliphatic hydroxyl groups is 1. The van der Waals surface area contributed by atoms with E-state index >= 15 is 0 Å². The molecule has 0 aliphatic heterocycles. The van der Waals surface area contributed by atoms with Gasteiger partial charge in [0.25, 0.3) is 5.56 Å². The summed E-state index contributed by atoms with van der Waals surface area (Å²) in [5.74, 6) is 0.808. The summed E-state index contributed by atoms with van der Waals surface area (Å²) in [7, 11) is 3.92. The Labute approximate surface area is 199 Å². The molecule has 168 valence electrons. The van der Waals surface area contributed by atoms with E-state index in [1.807, 2.05) is 72.1 Å². The van der Waals surface area contributed by atoms with Gasteiger partial charge in [0.15, 0.2) is 0 Å². The van der Waals surface area contributed by atoms with Crippen molar-refractivity contribution in [2.24, 2.45) is 7.05 Å². The van der Waals surface area contributed by atoms with Gasteiger partial charge in [0, 0.05) is 37.1 Å². The maximum absolute atomic E-state index is 13.3. The average molecular weight is 480 g/mol. The molecule has 0 saturated heterocycles. The Bertz CT molecular complexity index is 1520. The largest absolute Gasteiger partial charge is 0.396 e. The van der Waals surface area contributed by atoms with Gasteiger partial charge in [-0.3, -0.25) is 9.36 Å². The third kappa shape index (κ3) is 3.90. The highest BCUT2D eigenvalue weighted by Crippen LogP contribution is 2.32. The lowest BCUT2D eigenvalue weighted by atomic mass is 10.2. The number of thiophene rings is 1. The van der Waals surface area contributed by atoms with Gasteiger partial charge < -0.3 is 14.6 Å². The number of aryl methyl sites for hydroxylation is 1. The molecule has 2 aromatic carbocycles. The topological polar surface area (TPSA) is 76.2 Å². The van der Waals surface area contributed by atoms with Crippen molar-refractivity contribution in [3.05, 3.63) is 70.2 Å². The molecule has 7 nitrogen and oxygen atoms in total. The highest BCUT2D eigenvalue weighted by molar-refractivity contribution is 7.22. The van der Waals surface area contributed by atoms with Crippen LogP contribution in [0.2, 0.25) is 5.02 Å². The number of imidazole rings is 1. The highest BCUT2D eigenvalue weighted by Gasteiger charge is 2.15. The summed E-state index contributed by atoms with van der Waals surface area (Å²) in [6.45, 7) is 0.841. The zero-order valence-corrected chi connectivity index (χ0v) is 19.8. The van der Waals surface area contributed by atoms with E-state index in [4.69, 9.17) is 21.7 Å². The molecule has 0 aliphatic carbocycles. The molecular weight excluding hydrogens is 458 g/mol. The minimum Gasteiger partial charge on any atom is -0.396 e. The zero-order valence-electron chi connectivity index (χ0n) is 18.2. The Hall–Kier alpha value is -3.20. The quantitative estimate of drug-likeness (QED) is 0.389. The van der Waals surface area contributed by atoms with Crippen LogP contribution in [-0.4, -0.2) is 44.4 Å². The molecular formula is C24H22ClN5O2S. The van der Waals surface area contributed by atoms with Crippen molar-refractivity contribution in [3.8, 4) is 16.1 Å². The van der Waals surface area contributed by atoms with Crippen LogP contribution >= 0.6 is 22.9 Å². The lowest BCUT2D eigenvalue weighted by Gasteiger charge is -2.17. The van der Waals surface area contributed by atoms with Crippen molar-refractivity contribution in [2.75, 3.05) is 25.1 Å². The molecule has 0 atom stereocenters. The van der Waals surface area contributed by atoms with Crippen LogP contribution in [0.4, 0.5) is 5.95 Å². The third-order valence-corrected chi connectivity index (χ3v) is 7.09. The van der Waals surface area contributed by atoms with Crippen LogP contribution in [0.25, 0.3) is 37.4 Å². The van der Waals surface area contributed by atoms with Gasteiger partial charge in [0.05, 0.1) is 22.2 Å². The Morgan fingerprint density at radius 2 is 1.91 bits per heavy atom. The molecule has 5 rings (SSSR count). The molecule has 0 bridgehead atoms. The van der Waals surface area contributed by atoms with Crippen LogP contribution in [0.3, 0.4) is 0 Å². The smallest absolute Gasteiger partial charge is 0.275 e. The fourth-order valence-corrected chi connectivity index (χ4v) is 5.10. The number of aromatic nitrogens is 4. The summed E-state index contributed by atoms with van der Waals surface area (Å²) in [6, 6.07) is 15.3. The van der Waals surface area contributed by atoms with E-state index in [9.17, 15) is 4.79 Å². The van der Waals surface area contributed by atoms with Gasteiger partial charge in [0.2, 0.25) is 5.95 Å². The fraction of sp³-hybridized carbons (Fsp3) is 0.208. The summed E-state index contributed by atoms with van der Waals surface area (Å²) in [5.41, 5.74) is 4.04. The predicted molar refractivity (Wildman–Crippen MR) is 135 cm³/mol. The second-order valence-corrected chi connectivity index (χ2v) is 9.38. The lowest BCUT2D eigenvalue weighted by Crippen LogP contribution is -2.22. The number of halogens is 1. The number of hydrogen-bond acceptors (Lipinski definition) is 6. The normalized spacial score (nSPS) is 11.5. The number of anilines is 1. The van der Waals surface area contributed by atoms with Crippen molar-refractivity contribution in [1.29, 1.82) is 0 Å². The molecule has 1 N–H and O–H groups in total. The van der Waals surface area contributed by atoms with Crippen LogP contribution < -0.4 is 10.5 Å². The first-order valence-electron chi connectivity index (χ1n) is 10.5. The van der Waals surface area contributed by atoms with Crippen LogP contribution in [-0.2, 0) is 7.05 Å². The van der Waals surface area contributed by atoms with Gasteiger partial charge in [-0.15, -0.1) is 11.3 Å². The maximum atomic E-state index is 13.3. The van der Waals surface area contributed by atoms with E-state index in [0.29, 0.717) is 33.9 Å². The van der Waals surface area contributed by atoms with Crippen molar-refractivity contribution in [1.82, 2.24) is 19.1 Å². The molecule has 3 heterocycles. The van der Waals surface area contributed by atoms with Gasteiger partial charge >= 0.3 is 0 Å². The average Bonchev–Trinajstić information content (AvgIpc) is 3.40. The van der Waals surface area contributed by atoms with Gasteiger partial charge in [0.1, 0.15) is 11.0 Å². The van der Waals surface area contributed by atoms with Crippen molar-refractivity contribution < 1.29 is 5.11 Å². The van der Waals surface area contributed by atoms with E-state index < -0.39 is 0 Å². The molecule has 0 fully saturated rings. The number of rotatable bonds is 6. The number of aliphatic hydroxyl groups excluding tert-OH is 1. The predicted octanol–water partition coefficient (Wildman–Crippen LogP) is 4.47. The molecule has 0 amide bonds. The molecule has 0 saturated carbocycles. The molecule has 3 aromatic heterocycles. The zero-order chi connectivity index (χ0) is 23.1. The molecule has 0 radical (unpaired) electrons. The van der Waals surface area contributed by atoms with Crippen molar-refractivity contribution in [2.45, 2.75) is 6.42 Å². The maximum Gasteiger partial charge on any atom is 0.275 e. The van der Waals surface area contributed by atoms with Gasteiger partial charge in [-0.2, -0.15) is 0 Å². The van der Waals surface area contributed by atoms with Crippen LogP contribution in [0.5, 0.6) is 0 Å². The van der Waals surface area contributed by atoms with Crippen molar-refractivity contribution in [3.63, 3.8) is 0 Å². The fourth-order valence-electron chi connectivity index (χ4n) is 3.93. The molecule has 5 aromatic rings. The number of benzene rings is 2. The van der Waals surface area contributed by atoms with Gasteiger partial charge in [-0.25, -0.2) is 9.97 Å². The molecule has 0 aliphatic rings. The standard InChI is InChI=1S/C24H22ClN5O2S/c1-28(10-3-11-31)24-27-18-12-17(8-9-20(18)29(24)2)30-14-26-19-13-21(33-22(19)23(30)32)15-4-6-16(25)7-5-15/h4-9,12-14,31H,3,10-11H2,1-2H3. The molecule has 9 heteroatoms. The summed E-state index contributed by atoms with van der Waals surface area (Å²) in [5, 5.41) is 9.79. The highest BCUT2D eigenvalue weighted by atomic mass is 35.5. The monoisotopic (exact) mass is 479 g/mol. The van der Waals surface area contributed by atoms with Crippen molar-refractivity contribution >= 4 is 50.1 Å². The number of nitrogens with zero attached hydrogens (tertiary/aromatic N) is 5. The third-order valence-electron chi connectivity index (χ3n) is 5.68. The number of fused-ring (bicyclic) bond motifs is 2. The first kappa shape index (κ1) is 21.6. The van der Waals surface area contributed by atoms with E-state index in [1.165, 1.54) is 11.3 Å². The van der Waals surface area contributed by atoms with E-state index in [2.05, 4.69) is 4.98 Å². The second-order valence-electron chi connectivity index (χ2n) is 7.89. The Balaban J connectivity index is 1.55. The van der Waals surface area contributed by atoms with Crippen LogP contribution in [0.1, 0.15) is 6.42 Å². The molecule has 0 unspecified atom stereocenters. The Morgan fingerprint density at radius 3 is 2.67 bits per heavy atom. The minimum absolute atomic E-state index is 0.110.